The molecule has 1 saturated heterocycles. The number of nitrogens with zero attached hydrogens (tertiary/aromatic N) is 10. The molecular weight excluding hydrogens is 771 g/mol. The van der Waals surface area contributed by atoms with E-state index in [-0.39, 0.29) is 78.0 Å². The van der Waals surface area contributed by atoms with E-state index in [4.69, 9.17) is 32.2 Å². The minimum atomic E-state index is -3.23. The Balaban J connectivity index is 1.24. The number of hydrogen-bond acceptors (Lipinski definition) is 12. The molecule has 0 bridgehead atoms. The molecule has 0 atom stereocenters. The number of fused-ring (bicyclic) bond motifs is 2. The third-order valence-corrected chi connectivity index (χ3v) is 9.49. The number of amides is 3. The number of nitrogens with two attached hydrogens (primary N) is 2. The number of morpholine rings is 1. The van der Waals surface area contributed by atoms with E-state index in [1.165, 1.54) is 24.4 Å². The molecule has 314 valence electrons. The van der Waals surface area contributed by atoms with Gasteiger partial charge in [0.2, 0.25) is 17.8 Å². The number of ketones is 1. The third kappa shape index (κ3) is 8.96. The van der Waals surface area contributed by atoms with Crippen LogP contribution in [0.4, 0.5) is 5.95 Å². The number of pyridine rings is 1. The summed E-state index contributed by atoms with van der Waals surface area (Å²) in [4.78, 5) is 66.4. The number of Topliss-reactive ketones (excluding diaryl/α,β-unsaturated/α-hetero) is 1. The van der Waals surface area contributed by atoms with E-state index >= 15 is 0 Å². The van der Waals surface area contributed by atoms with Crippen LogP contribution in [-0.4, -0.2) is 111 Å². The third-order valence-electron chi connectivity index (χ3n) is 9.49. The standard InChI is InChI=1S/C41H49N13O6/c1-5-53-31(18-25(3)48-53)33(55)23-35-45-29-20-27(37(42)56)22-34(60-15-9-10-50-13-16-59-17-14-50)36(29)51(35)11-7-8-12-52-39-30(21-28(24-44-39)38(43)57)46-41(52)47-40(58)32-19-26(4)49-54(32)6-2/h7-8,18-22,24H,5-6,9-17,23H2,1-4H3,(H2,42,56)(H2,43,57)(H,46,47,58)/b8-7+/i13D2,14D2,16D2,17D2. The SMILES string of the molecule is [2H]C1([2H])OC([2H])([2H])C([2H])([2H])N(CCCOc2cc(C(N)=O)cc3nc(CC(=O)c4cc(C)nn4CC)n(C/C=C/Cn4c(NC(=O)c5cc(C)nn5CC)nc5cc(C(N)=O)cnc54)c23)C1([2H])[2H]. The smallest absolute Gasteiger partial charge is 0.276 e. The lowest BCUT2D eigenvalue weighted by Crippen LogP contribution is -2.37. The number of carbonyl (C=O) groups excluding carboxylic acids is 4. The highest BCUT2D eigenvalue weighted by Crippen LogP contribution is 2.30. The lowest BCUT2D eigenvalue weighted by atomic mass is 10.1. The predicted molar refractivity (Wildman–Crippen MR) is 222 cm³/mol. The van der Waals surface area contributed by atoms with Crippen LogP contribution in [-0.2, 0) is 37.3 Å². The highest BCUT2D eigenvalue weighted by atomic mass is 16.5. The lowest BCUT2D eigenvalue weighted by molar-refractivity contribution is 0.0358. The maximum Gasteiger partial charge on any atom is 0.276 e. The summed E-state index contributed by atoms with van der Waals surface area (Å²) >= 11 is 0. The van der Waals surface area contributed by atoms with Crippen molar-refractivity contribution in [2.75, 3.05) is 44.6 Å². The van der Waals surface area contributed by atoms with Crippen LogP contribution < -0.4 is 21.5 Å². The number of primary amides is 2. The zero-order valence-corrected chi connectivity index (χ0v) is 33.4. The van der Waals surface area contributed by atoms with Gasteiger partial charge in [0, 0.05) is 63.0 Å². The van der Waals surface area contributed by atoms with Crippen molar-refractivity contribution in [3.8, 4) is 5.75 Å². The zero-order valence-electron chi connectivity index (χ0n) is 41.4. The van der Waals surface area contributed by atoms with Crippen molar-refractivity contribution in [3.63, 3.8) is 0 Å². The molecule has 19 heteroatoms. The van der Waals surface area contributed by atoms with E-state index in [1.807, 2.05) is 13.8 Å². The molecular formula is C41H49N13O6. The topological polar surface area (TPSA) is 238 Å². The van der Waals surface area contributed by atoms with Crippen molar-refractivity contribution >= 4 is 51.7 Å². The molecule has 1 aromatic carbocycles. The van der Waals surface area contributed by atoms with Gasteiger partial charge in [-0.3, -0.25) is 43.3 Å². The van der Waals surface area contributed by atoms with Gasteiger partial charge < -0.3 is 25.5 Å². The van der Waals surface area contributed by atoms with E-state index in [2.05, 4.69) is 30.2 Å². The van der Waals surface area contributed by atoms with Crippen LogP contribution in [0.5, 0.6) is 5.75 Å². The molecule has 0 saturated carbocycles. The van der Waals surface area contributed by atoms with E-state index < -0.39 is 50.4 Å². The first-order valence-electron chi connectivity index (χ1n) is 23.1. The number of carbonyl (C=O) groups is 4. The van der Waals surface area contributed by atoms with Gasteiger partial charge in [-0.1, -0.05) is 12.2 Å². The summed E-state index contributed by atoms with van der Waals surface area (Å²) in [5.41, 5.74) is 14.4. The van der Waals surface area contributed by atoms with Crippen molar-refractivity contribution in [2.45, 2.75) is 66.7 Å². The molecule has 0 unspecified atom stereocenters. The normalized spacial score (nSPS) is 18.8. The van der Waals surface area contributed by atoms with Crippen LogP contribution >= 0.6 is 0 Å². The van der Waals surface area contributed by atoms with Crippen LogP contribution in [0.15, 0.2) is 48.7 Å². The molecule has 5 aromatic heterocycles. The molecule has 0 spiro atoms. The Hall–Kier alpha value is -6.73. The summed E-state index contributed by atoms with van der Waals surface area (Å²) in [6.07, 6.45) is 4.39. The van der Waals surface area contributed by atoms with Gasteiger partial charge in [-0.15, -0.1) is 0 Å². The van der Waals surface area contributed by atoms with E-state index in [9.17, 15) is 19.2 Å². The summed E-state index contributed by atoms with van der Waals surface area (Å²) in [5, 5.41) is 11.6. The zero-order chi connectivity index (χ0) is 49.7. The summed E-state index contributed by atoms with van der Waals surface area (Å²) in [6.45, 7) is -5.28. The van der Waals surface area contributed by atoms with Gasteiger partial charge in [-0.05, 0) is 64.4 Å². The molecule has 0 aliphatic carbocycles. The molecule has 60 heavy (non-hydrogen) atoms. The first-order chi connectivity index (χ1) is 31.9. The van der Waals surface area contributed by atoms with Crippen molar-refractivity contribution in [3.05, 3.63) is 88.4 Å². The minimum Gasteiger partial charge on any atom is -0.491 e. The average molecular weight is 828 g/mol. The molecule has 6 heterocycles. The maximum absolute atomic E-state index is 13.9. The number of allylic oxidation sites excluding steroid dienone is 2. The van der Waals surface area contributed by atoms with Crippen molar-refractivity contribution < 1.29 is 39.6 Å². The fourth-order valence-electron chi connectivity index (χ4n) is 6.74. The van der Waals surface area contributed by atoms with E-state index in [1.54, 1.807) is 56.6 Å². The summed E-state index contributed by atoms with van der Waals surface area (Å²) < 4.78 is 82.7. The van der Waals surface area contributed by atoms with Gasteiger partial charge in [0.25, 0.3) is 5.91 Å². The average Bonchev–Trinajstić information content (AvgIpc) is 4.02. The van der Waals surface area contributed by atoms with Crippen molar-refractivity contribution in [2.24, 2.45) is 11.5 Å². The van der Waals surface area contributed by atoms with Gasteiger partial charge in [-0.2, -0.15) is 10.2 Å². The number of aromatic nitrogens is 9. The Kier molecular flexibility index (Phi) is 9.67. The van der Waals surface area contributed by atoms with Crippen LogP contribution in [0, 0.1) is 13.8 Å². The number of nitrogens with one attached hydrogen (secondary N) is 1. The molecule has 0 radical (unpaired) electrons. The first-order valence-corrected chi connectivity index (χ1v) is 19.1. The Morgan fingerprint density at radius 3 is 2.20 bits per heavy atom. The van der Waals surface area contributed by atoms with Crippen LogP contribution in [0.3, 0.4) is 0 Å². The number of benzene rings is 1. The predicted octanol–water partition coefficient (Wildman–Crippen LogP) is 3.06. The number of hydrogen-bond donors (Lipinski definition) is 3. The summed E-state index contributed by atoms with van der Waals surface area (Å²) in [5.74, 6) is -1.93. The van der Waals surface area contributed by atoms with Gasteiger partial charge in [0.1, 0.15) is 34.0 Å². The molecule has 1 aliphatic heterocycles. The molecule has 7 rings (SSSR count). The number of anilines is 1. The second-order valence-corrected chi connectivity index (χ2v) is 13.7. The highest BCUT2D eigenvalue weighted by Gasteiger charge is 2.23. The second kappa shape index (κ2) is 18.0. The minimum absolute atomic E-state index is 0.00167. The van der Waals surface area contributed by atoms with Crippen molar-refractivity contribution in [1.29, 1.82) is 0 Å². The monoisotopic (exact) mass is 827 g/mol. The molecule has 19 nitrogen and oxygen atoms in total. The lowest BCUT2D eigenvalue weighted by Gasteiger charge is -2.26. The molecule has 1 fully saturated rings. The van der Waals surface area contributed by atoms with Gasteiger partial charge >= 0.3 is 0 Å². The van der Waals surface area contributed by atoms with Crippen LogP contribution in [0.25, 0.3) is 22.2 Å². The number of imidazole rings is 2. The molecule has 3 amide bonds. The van der Waals surface area contributed by atoms with Crippen LogP contribution in [0.1, 0.15) is 90.1 Å². The fraction of sp³-hybridized carbons (Fsp3) is 0.390. The Morgan fingerprint density at radius 1 is 0.867 bits per heavy atom. The first kappa shape index (κ1) is 32.2. The van der Waals surface area contributed by atoms with Gasteiger partial charge in [0.05, 0.1) is 54.1 Å². The quantitative estimate of drug-likeness (QED) is 0.0644. The number of aryl methyl sites for hydroxylation is 4. The van der Waals surface area contributed by atoms with Gasteiger partial charge in [0.15, 0.2) is 11.4 Å². The van der Waals surface area contributed by atoms with E-state index in [0.29, 0.717) is 51.9 Å². The highest BCUT2D eigenvalue weighted by molar-refractivity contribution is 6.03. The Morgan fingerprint density at radius 2 is 1.52 bits per heavy atom. The van der Waals surface area contributed by atoms with Crippen LogP contribution in [0.2, 0.25) is 0 Å². The Bertz CT molecular complexity index is 2970. The molecule has 1 aliphatic rings. The Labute approximate surface area is 356 Å². The van der Waals surface area contributed by atoms with Crippen molar-refractivity contribution in [1.82, 2.24) is 48.5 Å². The molecule has 6 aromatic rings. The summed E-state index contributed by atoms with van der Waals surface area (Å²) in [6, 6.07) is 7.56. The molecule has 5 N–H and O–H groups in total. The number of rotatable bonds is 18. The number of ether oxygens (including phenoxy) is 2. The summed E-state index contributed by atoms with van der Waals surface area (Å²) in [7, 11) is 0. The van der Waals surface area contributed by atoms with E-state index in [0.717, 1.165) is 0 Å². The second-order valence-electron chi connectivity index (χ2n) is 13.7. The maximum atomic E-state index is 13.9. The fourth-order valence-corrected chi connectivity index (χ4v) is 6.74. The van der Waals surface area contributed by atoms with Gasteiger partial charge in [-0.25, -0.2) is 15.0 Å². The largest absolute Gasteiger partial charge is 0.491 e.